The lowest BCUT2D eigenvalue weighted by Crippen LogP contribution is -1.99. The first-order valence-corrected chi connectivity index (χ1v) is 5.26. The molecule has 0 aliphatic rings. The molecule has 1 aromatic rings. The molecule has 0 saturated carbocycles. The highest BCUT2D eigenvalue weighted by molar-refractivity contribution is 14.1. The summed E-state index contributed by atoms with van der Waals surface area (Å²) in [6, 6.07) is 3.18. The van der Waals surface area contributed by atoms with Gasteiger partial charge in [0.15, 0.2) is 5.69 Å². The van der Waals surface area contributed by atoms with Crippen LogP contribution in [0, 0.1) is 18.6 Å². The summed E-state index contributed by atoms with van der Waals surface area (Å²) < 4.78 is 25.7. The average Bonchev–Trinajstić information content (AvgIpc) is 2.01. The van der Waals surface area contributed by atoms with E-state index in [9.17, 15) is 8.78 Å². The second-order valence-corrected chi connectivity index (χ2v) is 4.37. The molecule has 0 atom stereocenters. The van der Waals surface area contributed by atoms with E-state index in [1.165, 1.54) is 6.07 Å². The van der Waals surface area contributed by atoms with Gasteiger partial charge in [-0.25, -0.2) is 13.8 Å². The van der Waals surface area contributed by atoms with Crippen molar-refractivity contribution in [1.82, 2.24) is 4.98 Å². The van der Waals surface area contributed by atoms with Gasteiger partial charge in [-0.15, -0.1) is 0 Å². The summed E-state index contributed by atoms with van der Waals surface area (Å²) in [5.74, 6) is 0. The fraction of sp³-hybridized carbons (Fsp3) is 0.143. The lowest BCUT2D eigenvalue weighted by atomic mass is 10.2. The molecule has 6 heteroatoms. The Morgan fingerprint density at radius 1 is 1.46 bits per heavy atom. The van der Waals surface area contributed by atoms with Crippen molar-refractivity contribution in [3.05, 3.63) is 24.6 Å². The fourth-order valence-electron chi connectivity index (χ4n) is 0.788. The quantitative estimate of drug-likeness (QED) is 0.531. The first-order valence-electron chi connectivity index (χ1n) is 3.10. The molecule has 0 radical (unpaired) electrons. The minimum absolute atomic E-state index is 0.189. The summed E-state index contributed by atoms with van der Waals surface area (Å²) in [7, 11) is 0. The Morgan fingerprint density at radius 3 is 2.54 bits per heavy atom. The minimum atomic E-state index is -2.65. The topological polar surface area (TPSA) is 36.7 Å². The normalized spacial score (nSPS) is 10.2. The summed E-state index contributed by atoms with van der Waals surface area (Å²) in [6.07, 6.45) is -2.65. The predicted octanol–water partition coefficient (Wildman–Crippen LogP) is 3.10. The highest BCUT2D eigenvalue weighted by atomic mass is 127. The van der Waals surface area contributed by atoms with Crippen LogP contribution >= 0.6 is 45.2 Å². The third kappa shape index (κ3) is 2.46. The number of rotatable bonds is 1. The van der Waals surface area contributed by atoms with Gasteiger partial charge in [-0.05, 0) is 51.2 Å². The van der Waals surface area contributed by atoms with Crippen LogP contribution in [0.3, 0.4) is 0 Å². The zero-order chi connectivity index (χ0) is 10.0. The molecule has 0 saturated heterocycles. The molecule has 68 valence electrons. The van der Waals surface area contributed by atoms with Gasteiger partial charge in [-0.3, -0.25) is 0 Å². The van der Waals surface area contributed by atoms with Crippen LogP contribution in [0.4, 0.5) is 8.78 Å². The molecule has 13 heavy (non-hydrogen) atoms. The van der Waals surface area contributed by atoms with Crippen molar-refractivity contribution in [3.63, 3.8) is 0 Å². The molecule has 0 N–H and O–H groups in total. The van der Waals surface area contributed by atoms with E-state index in [0.717, 1.165) is 0 Å². The maximum absolute atomic E-state index is 12.4. The van der Waals surface area contributed by atoms with E-state index in [-0.39, 0.29) is 11.3 Å². The number of hydrogen-bond acceptors (Lipinski definition) is 2. The zero-order valence-corrected chi connectivity index (χ0v) is 10.4. The number of aromatic nitrogens is 1. The summed E-state index contributed by atoms with van der Waals surface area (Å²) in [5, 5.41) is 8.56. The van der Waals surface area contributed by atoms with Crippen LogP contribution < -0.4 is 0 Å². The van der Waals surface area contributed by atoms with E-state index < -0.39 is 6.43 Å². The van der Waals surface area contributed by atoms with Crippen LogP contribution in [0.2, 0.25) is 0 Å². The van der Waals surface area contributed by atoms with E-state index in [2.05, 4.69) is 4.98 Å². The van der Waals surface area contributed by atoms with Gasteiger partial charge in [0, 0.05) is 3.57 Å². The van der Waals surface area contributed by atoms with Crippen molar-refractivity contribution >= 4 is 45.2 Å². The van der Waals surface area contributed by atoms with Crippen molar-refractivity contribution < 1.29 is 8.78 Å². The Hall–Kier alpha value is -0.0400. The molecule has 0 aliphatic carbocycles. The van der Waals surface area contributed by atoms with Crippen molar-refractivity contribution in [2.24, 2.45) is 0 Å². The van der Waals surface area contributed by atoms with Crippen LogP contribution in [0.1, 0.15) is 17.7 Å². The summed E-state index contributed by atoms with van der Waals surface area (Å²) >= 11 is 3.66. The average molecular weight is 406 g/mol. The highest BCUT2D eigenvalue weighted by Crippen LogP contribution is 2.27. The van der Waals surface area contributed by atoms with Crippen LogP contribution in [-0.4, -0.2) is 4.98 Å². The second-order valence-electron chi connectivity index (χ2n) is 2.10. The highest BCUT2D eigenvalue weighted by Gasteiger charge is 2.18. The van der Waals surface area contributed by atoms with E-state index in [4.69, 9.17) is 5.26 Å². The summed E-state index contributed by atoms with van der Waals surface area (Å²) in [4.78, 5) is 3.71. The monoisotopic (exact) mass is 406 g/mol. The molecule has 0 bridgehead atoms. The molecule has 0 aromatic carbocycles. The third-order valence-corrected chi connectivity index (χ3v) is 2.75. The molecule has 1 aromatic heterocycles. The van der Waals surface area contributed by atoms with Crippen molar-refractivity contribution in [3.8, 4) is 6.07 Å². The molecule has 1 rings (SSSR count). The van der Waals surface area contributed by atoms with Gasteiger partial charge in [-0.1, -0.05) is 0 Å². The number of hydrogen-bond donors (Lipinski definition) is 0. The largest absolute Gasteiger partial charge is 0.267 e. The van der Waals surface area contributed by atoms with Crippen LogP contribution in [0.15, 0.2) is 6.07 Å². The smallest absolute Gasteiger partial charge is 0.231 e. The molecule has 0 fully saturated rings. The first kappa shape index (κ1) is 11.0. The van der Waals surface area contributed by atoms with Crippen molar-refractivity contribution in [2.75, 3.05) is 0 Å². The predicted molar refractivity (Wildman–Crippen MR) is 59.3 cm³/mol. The van der Waals surface area contributed by atoms with Gasteiger partial charge in [0.1, 0.15) is 9.77 Å². The standard InChI is InChI=1S/C7H2F2I2N2/c8-7(9)6-3(10)1-5(11)13-4(6)2-12/h1,7H. The molecular formula is C7H2F2I2N2. The molecule has 2 nitrogen and oxygen atoms in total. The van der Waals surface area contributed by atoms with Gasteiger partial charge in [-0.2, -0.15) is 5.26 Å². The summed E-state index contributed by atoms with van der Waals surface area (Å²) in [5.41, 5.74) is -0.463. The molecule has 0 spiro atoms. The third-order valence-electron chi connectivity index (χ3n) is 1.30. The Labute approximate surface area is 101 Å². The zero-order valence-electron chi connectivity index (χ0n) is 6.06. The van der Waals surface area contributed by atoms with Gasteiger partial charge in [0.25, 0.3) is 6.43 Å². The minimum Gasteiger partial charge on any atom is -0.231 e. The van der Waals surface area contributed by atoms with Gasteiger partial charge in [0.05, 0.1) is 5.56 Å². The second kappa shape index (κ2) is 4.45. The lowest BCUT2D eigenvalue weighted by Gasteiger charge is -2.04. The van der Waals surface area contributed by atoms with Crippen LogP contribution in [0.25, 0.3) is 0 Å². The van der Waals surface area contributed by atoms with Crippen LogP contribution in [-0.2, 0) is 0 Å². The van der Waals surface area contributed by atoms with Gasteiger partial charge in [0.2, 0.25) is 0 Å². The number of halogens is 4. The number of alkyl halides is 2. The SMILES string of the molecule is N#Cc1nc(I)cc(I)c1C(F)F. The molecule has 0 unspecified atom stereocenters. The molecule has 0 aliphatic heterocycles. The van der Waals surface area contributed by atoms with Crippen molar-refractivity contribution in [2.45, 2.75) is 6.43 Å². The van der Waals surface area contributed by atoms with E-state index >= 15 is 0 Å². The van der Waals surface area contributed by atoms with Gasteiger partial charge < -0.3 is 0 Å². The maximum atomic E-state index is 12.4. The fourth-order valence-corrected chi connectivity index (χ4v) is 2.72. The van der Waals surface area contributed by atoms with E-state index in [1.54, 1.807) is 28.7 Å². The van der Waals surface area contributed by atoms with Gasteiger partial charge >= 0.3 is 0 Å². The lowest BCUT2D eigenvalue weighted by molar-refractivity contribution is 0.149. The van der Waals surface area contributed by atoms with Crippen LogP contribution in [0.5, 0.6) is 0 Å². The first-order chi connectivity index (χ1) is 6.06. The number of nitriles is 1. The van der Waals surface area contributed by atoms with E-state index in [1.807, 2.05) is 22.6 Å². The Balaban J connectivity index is 3.41. The number of pyridine rings is 1. The molecular weight excluding hydrogens is 404 g/mol. The van der Waals surface area contributed by atoms with Crippen molar-refractivity contribution in [1.29, 1.82) is 5.26 Å². The maximum Gasteiger partial charge on any atom is 0.267 e. The Morgan fingerprint density at radius 2 is 2.08 bits per heavy atom. The van der Waals surface area contributed by atoms with E-state index in [0.29, 0.717) is 7.27 Å². The Kier molecular flexibility index (Phi) is 3.78. The summed E-state index contributed by atoms with van der Waals surface area (Å²) in [6.45, 7) is 0. The number of nitrogens with zero attached hydrogens (tertiary/aromatic N) is 2. The molecule has 0 amide bonds. The molecule has 1 heterocycles. The Bertz CT molecular complexity index is 373.